The molecule has 2 atom stereocenters. The van der Waals surface area contributed by atoms with Crippen molar-refractivity contribution in [3.63, 3.8) is 0 Å². The molecule has 0 saturated heterocycles. The number of hydrogen-bond acceptors (Lipinski definition) is 1. The van der Waals surface area contributed by atoms with Crippen molar-refractivity contribution in [1.29, 1.82) is 0 Å². The standard InChI is InChI=1S/C11H21N/c1-5-9(3)10(4)12-7-11(6-2)8-12/h7,9-10H,5-6,8H2,1-4H3. The Balaban J connectivity index is 2.37. The molecule has 0 aromatic carbocycles. The molecule has 0 saturated carbocycles. The monoisotopic (exact) mass is 167 g/mol. The summed E-state index contributed by atoms with van der Waals surface area (Å²) in [6, 6.07) is 0.727. The molecule has 70 valence electrons. The third-order valence-electron chi connectivity index (χ3n) is 3.18. The molecule has 1 heterocycles. The second-order valence-electron chi connectivity index (χ2n) is 3.94. The van der Waals surface area contributed by atoms with Crippen molar-refractivity contribution in [1.82, 2.24) is 4.90 Å². The van der Waals surface area contributed by atoms with E-state index < -0.39 is 0 Å². The Morgan fingerprint density at radius 3 is 2.42 bits per heavy atom. The summed E-state index contributed by atoms with van der Waals surface area (Å²) < 4.78 is 0. The van der Waals surface area contributed by atoms with E-state index in [9.17, 15) is 0 Å². The lowest BCUT2D eigenvalue weighted by atomic mass is 9.96. The van der Waals surface area contributed by atoms with Gasteiger partial charge >= 0.3 is 0 Å². The minimum Gasteiger partial charge on any atom is -0.370 e. The fraction of sp³-hybridized carbons (Fsp3) is 0.818. The molecule has 0 aromatic rings. The van der Waals surface area contributed by atoms with Crippen molar-refractivity contribution < 1.29 is 0 Å². The van der Waals surface area contributed by atoms with Crippen LogP contribution in [0.1, 0.15) is 40.5 Å². The van der Waals surface area contributed by atoms with E-state index in [1.54, 1.807) is 5.57 Å². The van der Waals surface area contributed by atoms with E-state index in [4.69, 9.17) is 0 Å². The maximum Gasteiger partial charge on any atom is 0.0403 e. The van der Waals surface area contributed by atoms with E-state index in [1.165, 1.54) is 19.4 Å². The van der Waals surface area contributed by atoms with Crippen LogP contribution in [0.4, 0.5) is 0 Å². The van der Waals surface area contributed by atoms with Crippen LogP contribution in [0.5, 0.6) is 0 Å². The Bertz CT molecular complexity index is 172. The van der Waals surface area contributed by atoms with Gasteiger partial charge in [0.05, 0.1) is 0 Å². The van der Waals surface area contributed by atoms with Gasteiger partial charge in [0.2, 0.25) is 0 Å². The molecule has 0 bridgehead atoms. The van der Waals surface area contributed by atoms with E-state index in [-0.39, 0.29) is 0 Å². The highest BCUT2D eigenvalue weighted by atomic mass is 15.2. The van der Waals surface area contributed by atoms with Crippen LogP contribution in [0.25, 0.3) is 0 Å². The van der Waals surface area contributed by atoms with Gasteiger partial charge in [-0.1, -0.05) is 27.2 Å². The molecule has 12 heavy (non-hydrogen) atoms. The summed E-state index contributed by atoms with van der Waals surface area (Å²) in [5.74, 6) is 0.819. The highest BCUT2D eigenvalue weighted by Crippen LogP contribution is 2.23. The number of hydrogen-bond donors (Lipinski definition) is 0. The Kier molecular flexibility index (Phi) is 3.19. The largest absolute Gasteiger partial charge is 0.370 e. The summed E-state index contributed by atoms with van der Waals surface area (Å²) in [6.45, 7) is 10.4. The topological polar surface area (TPSA) is 3.24 Å². The summed E-state index contributed by atoms with van der Waals surface area (Å²) in [7, 11) is 0. The first-order valence-corrected chi connectivity index (χ1v) is 5.14. The average Bonchev–Trinajstić information content (AvgIpc) is 2.01. The van der Waals surface area contributed by atoms with Crippen LogP contribution in [0.3, 0.4) is 0 Å². The zero-order chi connectivity index (χ0) is 9.14. The van der Waals surface area contributed by atoms with Gasteiger partial charge in [-0.15, -0.1) is 0 Å². The van der Waals surface area contributed by atoms with Gasteiger partial charge in [-0.2, -0.15) is 0 Å². The Morgan fingerprint density at radius 1 is 1.42 bits per heavy atom. The zero-order valence-electron chi connectivity index (χ0n) is 8.80. The van der Waals surface area contributed by atoms with Gasteiger partial charge in [0, 0.05) is 18.8 Å². The van der Waals surface area contributed by atoms with E-state index in [2.05, 4.69) is 38.8 Å². The lowest BCUT2D eigenvalue weighted by Gasteiger charge is -2.39. The highest BCUT2D eigenvalue weighted by Gasteiger charge is 2.22. The molecule has 0 amide bonds. The molecule has 0 N–H and O–H groups in total. The van der Waals surface area contributed by atoms with Crippen molar-refractivity contribution in [2.24, 2.45) is 5.92 Å². The number of nitrogens with zero attached hydrogens (tertiary/aromatic N) is 1. The second kappa shape index (κ2) is 3.97. The fourth-order valence-electron chi connectivity index (χ4n) is 1.58. The van der Waals surface area contributed by atoms with E-state index in [0.29, 0.717) is 0 Å². The highest BCUT2D eigenvalue weighted by molar-refractivity contribution is 5.14. The van der Waals surface area contributed by atoms with E-state index in [0.717, 1.165) is 12.0 Å². The smallest absolute Gasteiger partial charge is 0.0403 e. The maximum absolute atomic E-state index is 2.47. The molecule has 1 rings (SSSR count). The SMILES string of the molecule is CCC1=CN(C(C)C(C)CC)C1. The van der Waals surface area contributed by atoms with Gasteiger partial charge < -0.3 is 4.90 Å². The lowest BCUT2D eigenvalue weighted by Crippen LogP contribution is -2.40. The van der Waals surface area contributed by atoms with Crippen molar-refractivity contribution in [2.75, 3.05) is 6.54 Å². The van der Waals surface area contributed by atoms with E-state index >= 15 is 0 Å². The molecular weight excluding hydrogens is 146 g/mol. The minimum absolute atomic E-state index is 0.727. The Hall–Kier alpha value is -0.460. The van der Waals surface area contributed by atoms with Crippen LogP contribution in [-0.4, -0.2) is 17.5 Å². The van der Waals surface area contributed by atoms with Crippen molar-refractivity contribution in [3.8, 4) is 0 Å². The molecule has 0 fully saturated rings. The molecule has 1 heteroatoms. The summed E-state index contributed by atoms with van der Waals surface area (Å²) in [5, 5.41) is 0. The molecule has 0 aliphatic carbocycles. The lowest BCUT2D eigenvalue weighted by molar-refractivity contribution is 0.207. The molecule has 0 aromatic heterocycles. The first-order valence-electron chi connectivity index (χ1n) is 5.14. The van der Waals surface area contributed by atoms with Crippen LogP contribution >= 0.6 is 0 Å². The Labute approximate surface area is 76.5 Å². The average molecular weight is 167 g/mol. The maximum atomic E-state index is 2.47. The van der Waals surface area contributed by atoms with Crippen LogP contribution in [0, 0.1) is 5.92 Å². The third kappa shape index (κ3) is 1.82. The molecule has 2 unspecified atom stereocenters. The number of rotatable bonds is 4. The third-order valence-corrected chi connectivity index (χ3v) is 3.18. The van der Waals surface area contributed by atoms with Crippen LogP contribution < -0.4 is 0 Å². The van der Waals surface area contributed by atoms with Gasteiger partial charge in [-0.05, 0) is 24.8 Å². The van der Waals surface area contributed by atoms with Gasteiger partial charge in [0.25, 0.3) is 0 Å². The van der Waals surface area contributed by atoms with Gasteiger partial charge in [0.1, 0.15) is 0 Å². The summed E-state index contributed by atoms with van der Waals surface area (Å²) in [4.78, 5) is 2.47. The fourth-order valence-corrected chi connectivity index (χ4v) is 1.58. The first kappa shape index (κ1) is 9.63. The molecule has 1 aliphatic heterocycles. The predicted octanol–water partition coefficient (Wildman–Crippen LogP) is 3.03. The van der Waals surface area contributed by atoms with E-state index in [1.807, 2.05) is 0 Å². The zero-order valence-corrected chi connectivity index (χ0v) is 8.80. The van der Waals surface area contributed by atoms with Gasteiger partial charge in [-0.3, -0.25) is 0 Å². The normalized spacial score (nSPS) is 21.3. The minimum atomic E-state index is 0.727. The van der Waals surface area contributed by atoms with Crippen molar-refractivity contribution in [3.05, 3.63) is 11.8 Å². The Morgan fingerprint density at radius 2 is 2.00 bits per heavy atom. The molecule has 1 aliphatic rings. The van der Waals surface area contributed by atoms with Gasteiger partial charge in [-0.25, -0.2) is 0 Å². The first-order chi connectivity index (χ1) is 5.69. The molecule has 0 radical (unpaired) electrons. The van der Waals surface area contributed by atoms with Crippen LogP contribution in [0.15, 0.2) is 11.8 Å². The summed E-state index contributed by atoms with van der Waals surface area (Å²) in [5.41, 5.74) is 1.60. The molecule has 1 nitrogen and oxygen atoms in total. The van der Waals surface area contributed by atoms with Gasteiger partial charge in [0.15, 0.2) is 0 Å². The second-order valence-corrected chi connectivity index (χ2v) is 3.94. The molecular formula is C11H21N. The van der Waals surface area contributed by atoms with Crippen molar-refractivity contribution >= 4 is 0 Å². The summed E-state index contributed by atoms with van der Waals surface area (Å²) >= 11 is 0. The predicted molar refractivity (Wildman–Crippen MR) is 54.0 cm³/mol. The van der Waals surface area contributed by atoms with Crippen molar-refractivity contribution in [2.45, 2.75) is 46.6 Å². The van der Waals surface area contributed by atoms with Crippen LogP contribution in [-0.2, 0) is 0 Å². The summed E-state index contributed by atoms with van der Waals surface area (Å²) in [6.07, 6.45) is 4.84. The molecule has 0 spiro atoms. The quantitative estimate of drug-likeness (QED) is 0.622. The van der Waals surface area contributed by atoms with Crippen LogP contribution in [0.2, 0.25) is 0 Å².